The zero-order valence-electron chi connectivity index (χ0n) is 10.5. The third-order valence-corrected chi connectivity index (χ3v) is 5.56. The van der Waals surface area contributed by atoms with Crippen LogP contribution in [0.15, 0.2) is 24.3 Å². The predicted octanol–water partition coefficient (Wildman–Crippen LogP) is 1.30. The van der Waals surface area contributed by atoms with Gasteiger partial charge >= 0.3 is 0 Å². The number of anilines is 1. The van der Waals surface area contributed by atoms with Crippen LogP contribution in [0.25, 0.3) is 0 Å². The Kier molecular flexibility index (Phi) is 3.38. The molecular weight excluding hydrogens is 250 g/mol. The van der Waals surface area contributed by atoms with Crippen LogP contribution in [0, 0.1) is 5.92 Å². The highest BCUT2D eigenvalue weighted by Crippen LogP contribution is 2.36. The van der Waals surface area contributed by atoms with Gasteiger partial charge in [0.05, 0.1) is 17.1 Å². The lowest BCUT2D eigenvalue weighted by molar-refractivity contribution is -0.0102. The zero-order valence-corrected chi connectivity index (χ0v) is 11.3. The third kappa shape index (κ3) is 2.67. The maximum absolute atomic E-state index is 11.4. The van der Waals surface area contributed by atoms with Crippen molar-refractivity contribution in [2.75, 3.05) is 17.2 Å². The van der Waals surface area contributed by atoms with Crippen LogP contribution in [0.2, 0.25) is 0 Å². The summed E-state index contributed by atoms with van der Waals surface area (Å²) >= 11 is 0. The lowest BCUT2D eigenvalue weighted by atomic mass is 9.79. The van der Waals surface area contributed by atoms with Gasteiger partial charge in [-0.15, -0.1) is 0 Å². The summed E-state index contributed by atoms with van der Waals surface area (Å²) in [6.07, 6.45) is 1.03. The smallest absolute Gasteiger partial charge is 0.150 e. The molecule has 1 aliphatic heterocycles. The molecule has 0 amide bonds. The Hall–Kier alpha value is -1.07. The van der Waals surface area contributed by atoms with Crippen molar-refractivity contribution in [3.05, 3.63) is 29.8 Å². The largest absolute Gasteiger partial charge is 0.399 e. The Morgan fingerprint density at radius 1 is 1.22 bits per heavy atom. The van der Waals surface area contributed by atoms with E-state index in [0.29, 0.717) is 18.5 Å². The Morgan fingerprint density at radius 2 is 1.72 bits per heavy atom. The van der Waals surface area contributed by atoms with Crippen LogP contribution in [0.4, 0.5) is 5.69 Å². The number of sulfone groups is 1. The number of hydrogen-bond donors (Lipinski definition) is 2. The van der Waals surface area contributed by atoms with Gasteiger partial charge in [-0.3, -0.25) is 0 Å². The van der Waals surface area contributed by atoms with Crippen LogP contribution in [0.1, 0.15) is 25.3 Å². The van der Waals surface area contributed by atoms with Gasteiger partial charge in [-0.25, -0.2) is 8.42 Å². The summed E-state index contributed by atoms with van der Waals surface area (Å²) in [5.74, 6) is 0.315. The van der Waals surface area contributed by atoms with Crippen molar-refractivity contribution in [3.63, 3.8) is 0 Å². The second kappa shape index (κ2) is 4.55. The molecule has 1 saturated heterocycles. The topological polar surface area (TPSA) is 80.4 Å². The van der Waals surface area contributed by atoms with Crippen molar-refractivity contribution in [1.29, 1.82) is 0 Å². The maximum Gasteiger partial charge on any atom is 0.150 e. The molecule has 1 fully saturated rings. The molecule has 1 aliphatic rings. The first-order chi connectivity index (χ1) is 8.31. The summed E-state index contributed by atoms with van der Waals surface area (Å²) < 4.78 is 22.8. The van der Waals surface area contributed by atoms with E-state index in [9.17, 15) is 13.5 Å². The number of nitrogen functional groups attached to an aromatic ring is 1. The number of benzene rings is 1. The van der Waals surface area contributed by atoms with Crippen molar-refractivity contribution < 1.29 is 13.5 Å². The molecule has 0 aromatic heterocycles. The average Bonchev–Trinajstić information content (AvgIpc) is 2.29. The van der Waals surface area contributed by atoms with Gasteiger partial charge in [-0.05, 0) is 43.4 Å². The highest BCUT2D eigenvalue weighted by Gasteiger charge is 2.37. The minimum Gasteiger partial charge on any atom is -0.399 e. The lowest BCUT2D eigenvalue weighted by Gasteiger charge is -2.35. The van der Waals surface area contributed by atoms with E-state index in [2.05, 4.69) is 0 Å². The average molecular weight is 269 g/mol. The van der Waals surface area contributed by atoms with E-state index in [0.717, 1.165) is 5.56 Å². The van der Waals surface area contributed by atoms with Crippen molar-refractivity contribution in [2.24, 2.45) is 5.92 Å². The van der Waals surface area contributed by atoms with Crippen LogP contribution in [-0.2, 0) is 15.4 Å². The first-order valence-corrected chi connectivity index (χ1v) is 7.92. The second-order valence-corrected chi connectivity index (χ2v) is 7.50. The highest BCUT2D eigenvalue weighted by molar-refractivity contribution is 7.91. The predicted molar refractivity (Wildman–Crippen MR) is 71.8 cm³/mol. The quantitative estimate of drug-likeness (QED) is 0.793. The Morgan fingerprint density at radius 3 is 2.22 bits per heavy atom. The molecule has 5 heteroatoms. The van der Waals surface area contributed by atoms with Crippen molar-refractivity contribution in [3.8, 4) is 0 Å². The van der Waals surface area contributed by atoms with Crippen LogP contribution < -0.4 is 5.73 Å². The van der Waals surface area contributed by atoms with E-state index < -0.39 is 15.4 Å². The minimum atomic E-state index is -2.90. The van der Waals surface area contributed by atoms with Crippen LogP contribution in [0.3, 0.4) is 0 Å². The first-order valence-electron chi connectivity index (χ1n) is 6.10. The van der Waals surface area contributed by atoms with E-state index in [1.807, 2.05) is 0 Å². The van der Waals surface area contributed by atoms with E-state index in [1.54, 1.807) is 31.2 Å². The number of hydrogen-bond acceptors (Lipinski definition) is 4. The van der Waals surface area contributed by atoms with Crippen LogP contribution in [-0.4, -0.2) is 25.0 Å². The Bertz CT molecular complexity index is 506. The van der Waals surface area contributed by atoms with Gasteiger partial charge in [0, 0.05) is 5.69 Å². The minimum absolute atomic E-state index is 0.0235. The molecule has 100 valence electrons. The molecule has 0 saturated carbocycles. The van der Waals surface area contributed by atoms with Crippen molar-refractivity contribution in [2.45, 2.75) is 25.4 Å². The fraction of sp³-hybridized carbons (Fsp3) is 0.538. The zero-order chi connectivity index (χ0) is 13.4. The first kappa shape index (κ1) is 13.4. The van der Waals surface area contributed by atoms with E-state index in [4.69, 9.17) is 5.73 Å². The van der Waals surface area contributed by atoms with E-state index in [-0.39, 0.29) is 17.4 Å². The monoisotopic (exact) mass is 269 g/mol. The van der Waals surface area contributed by atoms with Crippen molar-refractivity contribution in [1.82, 2.24) is 0 Å². The number of rotatable bonds is 2. The van der Waals surface area contributed by atoms with Gasteiger partial charge in [-0.1, -0.05) is 12.1 Å². The molecule has 0 spiro atoms. The van der Waals surface area contributed by atoms with Crippen molar-refractivity contribution >= 4 is 15.5 Å². The molecule has 4 nitrogen and oxygen atoms in total. The van der Waals surface area contributed by atoms with Gasteiger partial charge in [0.2, 0.25) is 0 Å². The Balaban J connectivity index is 2.19. The second-order valence-electron chi connectivity index (χ2n) is 5.20. The molecule has 0 radical (unpaired) electrons. The summed E-state index contributed by atoms with van der Waals surface area (Å²) in [5.41, 5.74) is 6.07. The number of aliphatic hydroxyl groups is 1. The number of nitrogens with two attached hydrogens (primary N) is 1. The molecule has 0 bridgehead atoms. The van der Waals surface area contributed by atoms with Gasteiger partial charge < -0.3 is 10.8 Å². The summed E-state index contributed by atoms with van der Waals surface area (Å²) in [6, 6.07) is 7.11. The Labute approximate surface area is 108 Å². The summed E-state index contributed by atoms with van der Waals surface area (Å²) in [5, 5.41) is 10.6. The lowest BCUT2D eigenvalue weighted by Crippen LogP contribution is -2.37. The fourth-order valence-electron chi connectivity index (χ4n) is 2.51. The molecule has 18 heavy (non-hydrogen) atoms. The maximum atomic E-state index is 11.4. The fourth-order valence-corrected chi connectivity index (χ4v) is 4.00. The molecule has 1 atom stereocenters. The van der Waals surface area contributed by atoms with Gasteiger partial charge in [0.1, 0.15) is 9.84 Å². The van der Waals surface area contributed by atoms with E-state index in [1.165, 1.54) is 0 Å². The molecule has 2 rings (SSSR count). The molecule has 1 heterocycles. The van der Waals surface area contributed by atoms with Gasteiger partial charge in [0.25, 0.3) is 0 Å². The van der Waals surface area contributed by atoms with Gasteiger partial charge in [0.15, 0.2) is 0 Å². The molecular formula is C13H19NO3S. The van der Waals surface area contributed by atoms with Crippen LogP contribution >= 0.6 is 0 Å². The van der Waals surface area contributed by atoms with Gasteiger partial charge in [-0.2, -0.15) is 0 Å². The summed E-state index contributed by atoms with van der Waals surface area (Å²) in [6.45, 7) is 1.75. The standard InChI is InChI=1S/C13H19NO3S/c1-13(15,10-2-4-12(14)5-3-10)11-6-8-18(16,17)9-7-11/h2-5,11,15H,6-9,14H2,1H3. The summed E-state index contributed by atoms with van der Waals surface area (Å²) in [7, 11) is -2.90. The molecule has 1 unspecified atom stereocenters. The molecule has 0 aliphatic carbocycles. The summed E-state index contributed by atoms with van der Waals surface area (Å²) in [4.78, 5) is 0. The molecule has 3 N–H and O–H groups in total. The molecule has 1 aromatic rings. The normalized spacial score (nSPS) is 23.4. The highest BCUT2D eigenvalue weighted by atomic mass is 32.2. The van der Waals surface area contributed by atoms with E-state index >= 15 is 0 Å². The molecule has 1 aromatic carbocycles. The third-order valence-electron chi connectivity index (χ3n) is 3.84. The SMILES string of the molecule is CC(O)(c1ccc(N)cc1)C1CCS(=O)(=O)CC1. The van der Waals surface area contributed by atoms with Crippen LogP contribution in [0.5, 0.6) is 0 Å².